The zero-order chi connectivity index (χ0) is 30.0. The molecule has 3 aliphatic rings. The number of ketones is 1. The lowest BCUT2D eigenvalue weighted by Gasteiger charge is -2.31. The molecule has 0 aromatic heterocycles. The monoisotopic (exact) mass is 587 g/mol. The second-order valence-electron chi connectivity index (χ2n) is 12.1. The lowest BCUT2D eigenvalue weighted by molar-refractivity contribution is -0.132. The van der Waals surface area contributed by atoms with Gasteiger partial charge in [-0.1, -0.05) is 68.9 Å². The van der Waals surface area contributed by atoms with E-state index in [9.17, 15) is 14.4 Å². The molecule has 230 valence electrons. The number of fused-ring (bicyclic) bond motifs is 1. The third-order valence-corrected chi connectivity index (χ3v) is 8.85. The van der Waals surface area contributed by atoms with Crippen LogP contribution >= 0.6 is 0 Å². The van der Waals surface area contributed by atoms with Gasteiger partial charge in [-0.05, 0) is 50.3 Å². The number of urea groups is 1. The summed E-state index contributed by atoms with van der Waals surface area (Å²) in [6.45, 7) is 0.919. The molecule has 0 atom stereocenters. The van der Waals surface area contributed by atoms with Crippen LogP contribution in [-0.4, -0.2) is 65.8 Å². The molecule has 2 fully saturated rings. The van der Waals surface area contributed by atoms with Crippen LogP contribution in [0.1, 0.15) is 93.0 Å². The van der Waals surface area contributed by atoms with E-state index < -0.39 is 0 Å². The van der Waals surface area contributed by atoms with Gasteiger partial charge in [-0.15, -0.1) is 0 Å². The number of amides is 3. The Labute approximate surface area is 255 Å². The first-order valence-corrected chi connectivity index (χ1v) is 16.0. The predicted octanol–water partition coefficient (Wildman–Crippen LogP) is 5.95. The third-order valence-electron chi connectivity index (χ3n) is 8.85. The van der Waals surface area contributed by atoms with Crippen LogP contribution in [0.5, 0.6) is 5.75 Å². The number of nitrogens with one attached hydrogen (secondary N) is 2. The quantitative estimate of drug-likeness (QED) is 0.264. The van der Waals surface area contributed by atoms with E-state index in [0.717, 1.165) is 49.8 Å². The van der Waals surface area contributed by atoms with E-state index in [4.69, 9.17) is 9.73 Å². The number of benzene rings is 2. The molecule has 9 nitrogen and oxygen atoms in total. The number of nitrogens with zero attached hydrogens (tertiary/aromatic N) is 3. The Morgan fingerprint density at radius 1 is 0.953 bits per heavy atom. The summed E-state index contributed by atoms with van der Waals surface area (Å²) in [5, 5.41) is 6.00. The molecule has 2 aromatic rings. The molecule has 9 heteroatoms. The summed E-state index contributed by atoms with van der Waals surface area (Å²) < 4.78 is 6.02. The molecule has 2 aromatic carbocycles. The smallest absolute Gasteiger partial charge is 0.321 e. The highest BCUT2D eigenvalue weighted by atomic mass is 16.5. The maximum atomic E-state index is 13.1. The van der Waals surface area contributed by atoms with E-state index in [1.54, 1.807) is 12.1 Å². The van der Waals surface area contributed by atoms with E-state index in [0.29, 0.717) is 49.3 Å². The first kappa shape index (κ1) is 30.6. The number of guanidine groups is 1. The summed E-state index contributed by atoms with van der Waals surface area (Å²) in [6.07, 6.45) is 12.4. The van der Waals surface area contributed by atoms with Gasteiger partial charge >= 0.3 is 6.03 Å². The zero-order valence-corrected chi connectivity index (χ0v) is 25.4. The highest BCUT2D eigenvalue weighted by Gasteiger charge is 2.26. The summed E-state index contributed by atoms with van der Waals surface area (Å²) in [4.78, 5) is 47.2. The molecule has 5 rings (SSSR count). The molecule has 0 radical (unpaired) electrons. The van der Waals surface area contributed by atoms with E-state index in [2.05, 4.69) is 10.6 Å². The summed E-state index contributed by atoms with van der Waals surface area (Å²) in [7, 11) is 1.93. The van der Waals surface area contributed by atoms with Gasteiger partial charge in [0, 0.05) is 43.2 Å². The molecule has 1 heterocycles. The first-order chi connectivity index (χ1) is 21.0. The van der Waals surface area contributed by atoms with Gasteiger partial charge in [0.05, 0.1) is 18.8 Å². The first-order valence-electron chi connectivity index (χ1n) is 16.0. The van der Waals surface area contributed by atoms with Crippen molar-refractivity contribution in [3.63, 3.8) is 0 Å². The van der Waals surface area contributed by atoms with Gasteiger partial charge in [0.1, 0.15) is 5.75 Å². The molecule has 2 N–H and O–H groups in total. The summed E-state index contributed by atoms with van der Waals surface area (Å²) in [6, 6.07) is 15.1. The van der Waals surface area contributed by atoms with Crippen molar-refractivity contribution in [3.8, 4) is 5.75 Å². The average Bonchev–Trinajstić information content (AvgIpc) is 3.04. The molecular weight excluding hydrogens is 542 g/mol. The van der Waals surface area contributed by atoms with Gasteiger partial charge in [0.2, 0.25) is 11.9 Å². The van der Waals surface area contributed by atoms with Gasteiger partial charge in [0.25, 0.3) is 0 Å². The van der Waals surface area contributed by atoms with Crippen molar-refractivity contribution in [2.24, 2.45) is 4.99 Å². The highest BCUT2D eigenvalue weighted by molar-refractivity contribution is 6.03. The summed E-state index contributed by atoms with van der Waals surface area (Å²) in [5.74, 6) is 1.19. The Morgan fingerprint density at radius 2 is 1.67 bits per heavy atom. The molecule has 2 saturated carbocycles. The molecule has 1 aliphatic heterocycles. The zero-order valence-electron chi connectivity index (χ0n) is 25.4. The molecule has 3 amide bonds. The molecular formula is C34H45N5O4. The Bertz CT molecular complexity index is 1280. The standard InChI is InChI=1S/C34H45N5O4/c1-38(28-16-9-4-10-17-28)32(41)18-11-21-43-29-19-20-30-26(22-29)23-39(24-31(40)25-12-5-2-6-13-25)33(36-30)37-34(42)35-27-14-7-3-8-15-27/h2,5-6,12-13,19-20,22,27-28H,3-4,7-11,14-18,21,23-24H2,1H3,(H2,35,36,37,42). The van der Waals surface area contributed by atoms with Crippen molar-refractivity contribution >= 4 is 29.4 Å². The Kier molecular flexibility index (Phi) is 10.7. The topological polar surface area (TPSA) is 103 Å². The van der Waals surface area contributed by atoms with Crippen molar-refractivity contribution in [2.45, 2.75) is 95.7 Å². The third kappa shape index (κ3) is 8.58. The normalized spacial score (nSPS) is 17.4. The number of ether oxygens (including phenoxy) is 1. The number of hydrogen-bond donors (Lipinski definition) is 2. The van der Waals surface area contributed by atoms with Gasteiger partial charge in [-0.3, -0.25) is 14.9 Å². The Balaban J connectivity index is 1.21. The Hall–Kier alpha value is -3.88. The average molecular weight is 588 g/mol. The molecule has 0 bridgehead atoms. The van der Waals surface area contributed by atoms with Crippen molar-refractivity contribution in [1.29, 1.82) is 0 Å². The number of Topliss-reactive ketones (excluding diaryl/α,β-unsaturated/α-hetero) is 1. The minimum absolute atomic E-state index is 0.0542. The van der Waals surface area contributed by atoms with Crippen LogP contribution < -0.4 is 15.4 Å². The van der Waals surface area contributed by atoms with Crippen molar-refractivity contribution in [1.82, 2.24) is 20.4 Å². The summed E-state index contributed by atoms with van der Waals surface area (Å²) >= 11 is 0. The maximum Gasteiger partial charge on any atom is 0.321 e. The van der Waals surface area contributed by atoms with Gasteiger partial charge < -0.3 is 19.9 Å². The van der Waals surface area contributed by atoms with Crippen LogP contribution in [0, 0.1) is 0 Å². The van der Waals surface area contributed by atoms with Crippen LogP contribution in [0.15, 0.2) is 53.5 Å². The van der Waals surface area contributed by atoms with Crippen LogP contribution in [0.3, 0.4) is 0 Å². The van der Waals surface area contributed by atoms with Gasteiger partial charge in [0.15, 0.2) is 5.78 Å². The lowest BCUT2D eigenvalue weighted by atomic mass is 9.94. The minimum atomic E-state index is -0.296. The lowest BCUT2D eigenvalue weighted by Crippen LogP contribution is -2.52. The molecule has 0 saturated heterocycles. The maximum absolute atomic E-state index is 13.1. The second kappa shape index (κ2) is 15.0. The van der Waals surface area contributed by atoms with E-state index in [-0.39, 0.29) is 30.3 Å². The van der Waals surface area contributed by atoms with Crippen molar-refractivity contribution in [3.05, 3.63) is 59.7 Å². The van der Waals surface area contributed by atoms with E-state index >= 15 is 0 Å². The second-order valence-corrected chi connectivity index (χ2v) is 12.1. The van der Waals surface area contributed by atoms with Crippen LogP contribution in [0.4, 0.5) is 10.5 Å². The van der Waals surface area contributed by atoms with Crippen LogP contribution in [0.2, 0.25) is 0 Å². The summed E-state index contributed by atoms with van der Waals surface area (Å²) in [5.41, 5.74) is 2.25. The number of aliphatic imine (C=N–C) groups is 1. The fourth-order valence-corrected chi connectivity index (χ4v) is 6.31. The van der Waals surface area contributed by atoms with Gasteiger partial charge in [-0.25, -0.2) is 9.79 Å². The van der Waals surface area contributed by atoms with Crippen LogP contribution in [0.25, 0.3) is 0 Å². The number of carbonyl (C=O) groups is 3. The fraction of sp³-hybridized carbons (Fsp3) is 0.529. The Morgan fingerprint density at radius 3 is 2.42 bits per heavy atom. The number of rotatable bonds is 10. The van der Waals surface area contributed by atoms with E-state index in [1.807, 2.05) is 53.2 Å². The molecule has 0 spiro atoms. The molecule has 2 aliphatic carbocycles. The predicted molar refractivity (Wildman–Crippen MR) is 168 cm³/mol. The van der Waals surface area contributed by atoms with Crippen molar-refractivity contribution < 1.29 is 19.1 Å². The number of carbonyl (C=O) groups excluding carboxylic acids is 3. The number of hydrogen-bond acceptors (Lipinski definition) is 6. The van der Waals surface area contributed by atoms with Crippen molar-refractivity contribution in [2.75, 3.05) is 20.2 Å². The van der Waals surface area contributed by atoms with Crippen LogP contribution in [-0.2, 0) is 11.3 Å². The SMILES string of the molecule is CN(C(=O)CCCOc1ccc2c(c1)CN(CC(=O)c1ccccc1)C(NC(=O)NC1CCCCC1)=N2)C1CCCCC1. The van der Waals surface area contributed by atoms with Gasteiger partial charge in [-0.2, -0.15) is 0 Å². The highest BCUT2D eigenvalue weighted by Crippen LogP contribution is 2.30. The largest absolute Gasteiger partial charge is 0.494 e. The minimum Gasteiger partial charge on any atom is -0.494 e. The molecule has 43 heavy (non-hydrogen) atoms. The fourth-order valence-electron chi connectivity index (χ4n) is 6.31. The molecule has 0 unspecified atom stereocenters. The van der Waals surface area contributed by atoms with E-state index in [1.165, 1.54) is 25.7 Å².